The molecule has 0 unspecified atom stereocenters. The van der Waals surface area contributed by atoms with Crippen LogP contribution in [0.2, 0.25) is 0 Å². The SMILES string of the molecule is Cn1c(=O)c2c(-c3ccccc3)c[nH]c2n(C)c1=O. The summed E-state index contributed by atoms with van der Waals surface area (Å²) in [4.78, 5) is 27.2. The molecule has 0 spiro atoms. The first-order valence-electron chi connectivity index (χ1n) is 5.94. The standard InChI is InChI=1S/C14H13N3O2/c1-16-12-11(13(18)17(2)14(16)19)10(8-15-12)9-6-4-3-5-7-9/h3-8,15H,1-2H3. The van der Waals surface area contributed by atoms with Gasteiger partial charge in [-0.3, -0.25) is 13.9 Å². The fourth-order valence-electron chi connectivity index (χ4n) is 2.31. The number of aromatic amines is 1. The Morgan fingerprint density at radius 2 is 1.68 bits per heavy atom. The van der Waals surface area contributed by atoms with E-state index < -0.39 is 0 Å². The van der Waals surface area contributed by atoms with Gasteiger partial charge in [-0.05, 0) is 5.56 Å². The fraction of sp³-hybridized carbons (Fsp3) is 0.143. The van der Waals surface area contributed by atoms with Crippen molar-refractivity contribution in [2.24, 2.45) is 14.1 Å². The number of aryl methyl sites for hydroxylation is 1. The minimum atomic E-state index is -0.334. The fourth-order valence-corrected chi connectivity index (χ4v) is 2.31. The van der Waals surface area contributed by atoms with Crippen LogP contribution in [0.5, 0.6) is 0 Å². The number of rotatable bonds is 1. The van der Waals surface area contributed by atoms with Gasteiger partial charge in [-0.25, -0.2) is 4.79 Å². The van der Waals surface area contributed by atoms with Gasteiger partial charge in [0.25, 0.3) is 5.56 Å². The van der Waals surface area contributed by atoms with E-state index in [1.807, 2.05) is 30.3 Å². The predicted octanol–water partition coefficient (Wildman–Crippen LogP) is 1.23. The van der Waals surface area contributed by atoms with Gasteiger partial charge < -0.3 is 4.98 Å². The molecular weight excluding hydrogens is 242 g/mol. The highest BCUT2D eigenvalue weighted by Crippen LogP contribution is 2.24. The van der Waals surface area contributed by atoms with Crippen molar-refractivity contribution in [2.75, 3.05) is 0 Å². The van der Waals surface area contributed by atoms with Crippen molar-refractivity contribution in [1.29, 1.82) is 0 Å². The minimum Gasteiger partial charge on any atom is -0.347 e. The molecule has 0 aliphatic heterocycles. The lowest BCUT2D eigenvalue weighted by atomic mass is 10.1. The average molecular weight is 255 g/mol. The predicted molar refractivity (Wildman–Crippen MR) is 74.2 cm³/mol. The van der Waals surface area contributed by atoms with Gasteiger partial charge in [-0.1, -0.05) is 30.3 Å². The molecule has 0 atom stereocenters. The van der Waals surface area contributed by atoms with Crippen LogP contribution in [0.25, 0.3) is 22.2 Å². The summed E-state index contributed by atoms with van der Waals surface area (Å²) in [5, 5.41) is 0.538. The normalized spacial score (nSPS) is 11.1. The number of benzene rings is 1. The minimum absolute atomic E-state index is 0.279. The van der Waals surface area contributed by atoms with Gasteiger partial charge in [0.15, 0.2) is 0 Å². The quantitative estimate of drug-likeness (QED) is 0.711. The van der Waals surface area contributed by atoms with Gasteiger partial charge in [-0.2, -0.15) is 0 Å². The maximum Gasteiger partial charge on any atom is 0.332 e. The number of H-pyrrole nitrogens is 1. The summed E-state index contributed by atoms with van der Waals surface area (Å²) < 4.78 is 2.58. The Bertz CT molecular complexity index is 869. The van der Waals surface area contributed by atoms with Crippen LogP contribution in [0.1, 0.15) is 0 Å². The molecule has 5 nitrogen and oxygen atoms in total. The number of aromatic nitrogens is 3. The Morgan fingerprint density at radius 3 is 2.37 bits per heavy atom. The molecule has 0 radical (unpaired) electrons. The Labute approximate surface area is 108 Å². The van der Waals surface area contributed by atoms with E-state index in [4.69, 9.17) is 0 Å². The Kier molecular flexibility index (Phi) is 2.41. The molecule has 0 saturated heterocycles. The second-order valence-corrected chi connectivity index (χ2v) is 4.50. The molecule has 3 rings (SSSR count). The second-order valence-electron chi connectivity index (χ2n) is 4.50. The van der Waals surface area contributed by atoms with E-state index in [-0.39, 0.29) is 11.2 Å². The molecule has 96 valence electrons. The maximum atomic E-state index is 12.3. The zero-order valence-corrected chi connectivity index (χ0v) is 10.7. The average Bonchev–Trinajstić information content (AvgIpc) is 2.88. The van der Waals surface area contributed by atoms with Crippen LogP contribution >= 0.6 is 0 Å². The van der Waals surface area contributed by atoms with Crippen molar-refractivity contribution in [3.63, 3.8) is 0 Å². The highest BCUT2D eigenvalue weighted by atomic mass is 16.2. The second kappa shape index (κ2) is 3.98. The monoisotopic (exact) mass is 255 g/mol. The number of fused-ring (bicyclic) bond motifs is 1. The Balaban J connectivity index is 2.49. The summed E-state index contributed by atoms with van der Waals surface area (Å²) in [5.74, 6) is 0. The summed E-state index contributed by atoms with van der Waals surface area (Å²) in [6.07, 6.45) is 1.76. The molecule has 2 aromatic heterocycles. The van der Waals surface area contributed by atoms with Crippen molar-refractivity contribution in [2.45, 2.75) is 0 Å². The zero-order valence-electron chi connectivity index (χ0n) is 10.7. The molecule has 19 heavy (non-hydrogen) atoms. The lowest BCUT2D eigenvalue weighted by Crippen LogP contribution is -2.36. The highest BCUT2D eigenvalue weighted by Gasteiger charge is 2.14. The van der Waals surface area contributed by atoms with E-state index in [2.05, 4.69) is 4.98 Å². The first-order valence-corrected chi connectivity index (χ1v) is 5.94. The molecule has 0 fully saturated rings. The maximum absolute atomic E-state index is 12.3. The molecule has 0 aliphatic rings. The van der Waals surface area contributed by atoms with Crippen LogP contribution in [0.3, 0.4) is 0 Å². The van der Waals surface area contributed by atoms with Gasteiger partial charge >= 0.3 is 5.69 Å². The molecule has 0 aliphatic carbocycles. The van der Waals surface area contributed by atoms with Gasteiger partial charge in [0, 0.05) is 25.9 Å². The number of nitrogens with zero attached hydrogens (tertiary/aromatic N) is 2. The molecule has 0 amide bonds. The molecular formula is C14H13N3O2. The van der Waals surface area contributed by atoms with Gasteiger partial charge in [-0.15, -0.1) is 0 Å². The lowest BCUT2D eigenvalue weighted by Gasteiger charge is -2.04. The largest absolute Gasteiger partial charge is 0.347 e. The molecule has 1 aromatic carbocycles. The molecule has 1 N–H and O–H groups in total. The van der Waals surface area contributed by atoms with Crippen molar-refractivity contribution < 1.29 is 0 Å². The summed E-state index contributed by atoms with van der Waals surface area (Å²) in [6.45, 7) is 0. The van der Waals surface area contributed by atoms with E-state index in [0.29, 0.717) is 11.0 Å². The van der Waals surface area contributed by atoms with E-state index >= 15 is 0 Å². The third kappa shape index (κ3) is 1.55. The molecule has 5 heteroatoms. The smallest absolute Gasteiger partial charge is 0.332 e. The van der Waals surface area contributed by atoms with Crippen LogP contribution in [-0.4, -0.2) is 14.1 Å². The van der Waals surface area contributed by atoms with E-state index in [1.165, 1.54) is 11.6 Å². The van der Waals surface area contributed by atoms with Crippen LogP contribution in [0.4, 0.5) is 0 Å². The number of hydrogen-bond acceptors (Lipinski definition) is 2. The lowest BCUT2D eigenvalue weighted by molar-refractivity contribution is 0.710. The van der Waals surface area contributed by atoms with Gasteiger partial charge in [0.1, 0.15) is 5.65 Å². The first kappa shape index (κ1) is 11.5. The molecule has 3 aromatic rings. The first-order chi connectivity index (χ1) is 9.11. The van der Waals surface area contributed by atoms with Crippen molar-refractivity contribution >= 4 is 11.0 Å². The van der Waals surface area contributed by atoms with Crippen molar-refractivity contribution in [3.05, 3.63) is 57.4 Å². The van der Waals surface area contributed by atoms with E-state index in [9.17, 15) is 9.59 Å². The Morgan fingerprint density at radius 1 is 1.00 bits per heavy atom. The topological polar surface area (TPSA) is 59.8 Å². The van der Waals surface area contributed by atoms with E-state index in [1.54, 1.807) is 13.2 Å². The van der Waals surface area contributed by atoms with Crippen molar-refractivity contribution in [3.8, 4) is 11.1 Å². The number of hydrogen-bond donors (Lipinski definition) is 1. The zero-order chi connectivity index (χ0) is 13.6. The van der Waals surface area contributed by atoms with Crippen LogP contribution in [-0.2, 0) is 14.1 Å². The van der Waals surface area contributed by atoms with Crippen molar-refractivity contribution in [1.82, 2.24) is 14.1 Å². The van der Waals surface area contributed by atoms with Gasteiger partial charge in [0.2, 0.25) is 0 Å². The summed E-state index contributed by atoms with van der Waals surface area (Å²) in [6, 6.07) is 9.63. The summed E-state index contributed by atoms with van der Waals surface area (Å²) in [7, 11) is 3.14. The van der Waals surface area contributed by atoms with Crippen LogP contribution in [0, 0.1) is 0 Å². The molecule has 2 heterocycles. The number of nitrogens with one attached hydrogen (secondary N) is 1. The van der Waals surface area contributed by atoms with Crippen LogP contribution in [0.15, 0.2) is 46.1 Å². The summed E-state index contributed by atoms with van der Waals surface area (Å²) >= 11 is 0. The van der Waals surface area contributed by atoms with Crippen LogP contribution < -0.4 is 11.2 Å². The highest BCUT2D eigenvalue weighted by molar-refractivity contribution is 5.93. The van der Waals surface area contributed by atoms with E-state index in [0.717, 1.165) is 15.7 Å². The third-order valence-corrected chi connectivity index (χ3v) is 3.37. The molecule has 0 bridgehead atoms. The summed E-state index contributed by atoms with van der Waals surface area (Å²) in [5.41, 5.74) is 1.69. The molecule has 0 saturated carbocycles. The van der Waals surface area contributed by atoms with Gasteiger partial charge in [0.05, 0.1) is 5.39 Å². The third-order valence-electron chi connectivity index (χ3n) is 3.37. The Hall–Kier alpha value is -2.56.